The molecular weight excluding hydrogens is 352 g/mol. The minimum atomic E-state index is -0.300. The first-order chi connectivity index (χ1) is 12.6. The Labute approximate surface area is 156 Å². The van der Waals surface area contributed by atoms with Crippen molar-refractivity contribution in [2.24, 2.45) is 0 Å². The highest BCUT2D eigenvalue weighted by Gasteiger charge is 2.11. The summed E-state index contributed by atoms with van der Waals surface area (Å²) in [7, 11) is 0. The summed E-state index contributed by atoms with van der Waals surface area (Å²) in [6.07, 6.45) is 3.32. The zero-order chi connectivity index (χ0) is 18.5. The predicted molar refractivity (Wildman–Crippen MR) is 102 cm³/mol. The number of aryl methyl sites for hydroxylation is 2. The fraction of sp³-hybridized carbons (Fsp3) is 0.316. The van der Waals surface area contributed by atoms with Gasteiger partial charge in [-0.1, -0.05) is 47.1 Å². The fourth-order valence-corrected chi connectivity index (χ4v) is 3.02. The minimum Gasteiger partial charge on any atom is -0.382 e. The number of aromatic nitrogens is 3. The molecule has 2 aromatic heterocycles. The van der Waals surface area contributed by atoms with Crippen LogP contribution in [0.25, 0.3) is 0 Å². The molecule has 3 aromatic rings. The highest BCUT2D eigenvalue weighted by molar-refractivity contribution is 6.32. The van der Waals surface area contributed by atoms with Crippen molar-refractivity contribution in [3.63, 3.8) is 0 Å². The van der Waals surface area contributed by atoms with Crippen molar-refractivity contribution in [2.75, 3.05) is 11.9 Å². The Morgan fingerprint density at radius 1 is 1.23 bits per heavy atom. The van der Waals surface area contributed by atoms with Gasteiger partial charge in [-0.2, -0.15) is 5.10 Å². The molecule has 6 nitrogen and oxygen atoms in total. The van der Waals surface area contributed by atoms with Crippen molar-refractivity contribution in [2.45, 2.75) is 33.2 Å². The quantitative estimate of drug-likeness (QED) is 0.641. The van der Waals surface area contributed by atoms with Crippen molar-refractivity contribution in [1.29, 1.82) is 0 Å². The molecule has 0 fully saturated rings. The predicted octanol–water partition coefficient (Wildman–Crippen LogP) is 3.59. The second-order valence-corrected chi connectivity index (χ2v) is 6.53. The zero-order valence-electron chi connectivity index (χ0n) is 14.8. The highest BCUT2D eigenvalue weighted by Crippen LogP contribution is 2.17. The summed E-state index contributed by atoms with van der Waals surface area (Å²) in [5.41, 5.74) is 3.31. The van der Waals surface area contributed by atoms with Gasteiger partial charge in [-0.3, -0.25) is 4.79 Å². The summed E-state index contributed by atoms with van der Waals surface area (Å²) in [5, 5.41) is 11.5. The van der Waals surface area contributed by atoms with Crippen LogP contribution in [0.15, 0.2) is 45.8 Å². The molecule has 0 saturated carbocycles. The maximum atomic E-state index is 12.4. The fourth-order valence-electron chi connectivity index (χ4n) is 2.80. The first kappa shape index (κ1) is 18.2. The third kappa shape index (κ3) is 4.14. The van der Waals surface area contributed by atoms with Gasteiger partial charge >= 0.3 is 0 Å². The van der Waals surface area contributed by atoms with Crippen molar-refractivity contribution in [3.8, 4) is 0 Å². The first-order valence-corrected chi connectivity index (χ1v) is 8.89. The zero-order valence-corrected chi connectivity index (χ0v) is 15.6. The molecular formula is C19H21ClN4O2. The average molecular weight is 373 g/mol. The number of hydrogen-bond donors (Lipinski definition) is 1. The largest absolute Gasteiger partial charge is 0.382 e. The van der Waals surface area contributed by atoms with E-state index < -0.39 is 0 Å². The van der Waals surface area contributed by atoms with Gasteiger partial charge in [0.1, 0.15) is 10.8 Å². The van der Waals surface area contributed by atoms with Crippen molar-refractivity contribution < 1.29 is 4.52 Å². The van der Waals surface area contributed by atoms with Crippen LogP contribution in [-0.2, 0) is 13.0 Å². The lowest BCUT2D eigenvalue weighted by atomic mass is 10.1. The summed E-state index contributed by atoms with van der Waals surface area (Å²) in [5.74, 6) is 0.853. The lowest BCUT2D eigenvalue weighted by Crippen LogP contribution is -2.25. The van der Waals surface area contributed by atoms with E-state index in [1.807, 2.05) is 44.2 Å². The topological polar surface area (TPSA) is 73.0 Å². The minimum absolute atomic E-state index is 0.160. The van der Waals surface area contributed by atoms with Crippen molar-refractivity contribution >= 4 is 17.3 Å². The van der Waals surface area contributed by atoms with E-state index in [-0.39, 0.29) is 10.6 Å². The monoisotopic (exact) mass is 372 g/mol. The number of hydrogen-bond acceptors (Lipinski definition) is 5. The number of halogens is 1. The molecule has 0 aliphatic rings. The first-order valence-electron chi connectivity index (χ1n) is 8.51. The smallest absolute Gasteiger partial charge is 0.287 e. The van der Waals surface area contributed by atoms with E-state index in [1.54, 1.807) is 6.20 Å². The molecule has 0 spiro atoms. The van der Waals surface area contributed by atoms with Gasteiger partial charge in [-0.15, -0.1) is 0 Å². The molecule has 0 radical (unpaired) electrons. The SMILES string of the molecule is Cc1noc(C)c1CCCNc1cnn(Cc2ccccc2)c(=O)c1Cl. The maximum Gasteiger partial charge on any atom is 0.287 e. The molecule has 0 unspecified atom stereocenters. The number of nitrogens with zero attached hydrogens (tertiary/aromatic N) is 3. The Morgan fingerprint density at radius 2 is 2.00 bits per heavy atom. The Bertz CT molecular complexity index is 915. The van der Waals surface area contributed by atoms with Crippen LogP contribution in [0.3, 0.4) is 0 Å². The van der Waals surface area contributed by atoms with E-state index in [9.17, 15) is 4.79 Å². The molecule has 0 amide bonds. The van der Waals surface area contributed by atoms with Crippen molar-refractivity contribution in [3.05, 3.63) is 74.5 Å². The normalized spacial score (nSPS) is 10.9. The second kappa shape index (κ2) is 8.19. The molecule has 2 heterocycles. The van der Waals surface area contributed by atoms with Crippen molar-refractivity contribution in [1.82, 2.24) is 14.9 Å². The summed E-state index contributed by atoms with van der Waals surface area (Å²) >= 11 is 6.23. The van der Waals surface area contributed by atoms with Gasteiger partial charge in [0.05, 0.1) is 24.1 Å². The molecule has 1 N–H and O–H groups in total. The van der Waals surface area contributed by atoms with Crippen LogP contribution in [0.5, 0.6) is 0 Å². The third-order valence-electron chi connectivity index (χ3n) is 4.26. The number of rotatable bonds is 7. The third-order valence-corrected chi connectivity index (χ3v) is 4.63. The van der Waals surface area contributed by atoms with Crippen LogP contribution < -0.4 is 10.9 Å². The Balaban J connectivity index is 1.60. The number of anilines is 1. The standard InChI is InChI=1S/C19H21ClN4O2/c1-13-16(14(2)26-23-13)9-6-10-21-17-11-22-24(19(25)18(17)20)12-15-7-4-3-5-8-15/h3-5,7-8,11,21H,6,9-10,12H2,1-2H3. The Morgan fingerprint density at radius 3 is 2.69 bits per heavy atom. The Kier molecular flexibility index (Phi) is 5.73. The van der Waals surface area contributed by atoms with E-state index in [0.29, 0.717) is 18.8 Å². The lowest BCUT2D eigenvalue weighted by Gasteiger charge is -2.10. The average Bonchev–Trinajstić information content (AvgIpc) is 2.97. The summed E-state index contributed by atoms with van der Waals surface area (Å²) in [6, 6.07) is 9.68. The van der Waals surface area contributed by atoms with Crippen LogP contribution in [0.1, 0.15) is 29.0 Å². The molecule has 136 valence electrons. The van der Waals surface area contributed by atoms with Crippen LogP contribution in [0.4, 0.5) is 5.69 Å². The summed E-state index contributed by atoms with van der Waals surface area (Å²) in [6.45, 7) is 4.92. The summed E-state index contributed by atoms with van der Waals surface area (Å²) < 4.78 is 6.53. The second-order valence-electron chi connectivity index (χ2n) is 6.15. The molecule has 0 bridgehead atoms. The van der Waals surface area contributed by atoms with Crippen LogP contribution in [-0.4, -0.2) is 21.5 Å². The van der Waals surface area contributed by atoms with E-state index in [0.717, 1.165) is 35.4 Å². The van der Waals surface area contributed by atoms with E-state index in [4.69, 9.17) is 16.1 Å². The van der Waals surface area contributed by atoms with Crippen LogP contribution in [0, 0.1) is 13.8 Å². The molecule has 0 aliphatic heterocycles. The Hall–Kier alpha value is -2.60. The molecule has 0 aliphatic carbocycles. The molecule has 3 rings (SSSR count). The van der Waals surface area contributed by atoms with E-state index >= 15 is 0 Å². The van der Waals surface area contributed by atoms with Gasteiger partial charge in [-0.05, 0) is 32.3 Å². The van der Waals surface area contributed by atoms with Gasteiger partial charge in [0, 0.05) is 12.1 Å². The van der Waals surface area contributed by atoms with E-state index in [2.05, 4.69) is 15.6 Å². The summed E-state index contributed by atoms with van der Waals surface area (Å²) in [4.78, 5) is 12.4. The van der Waals surface area contributed by atoms with Crippen LogP contribution >= 0.6 is 11.6 Å². The maximum absolute atomic E-state index is 12.4. The van der Waals surface area contributed by atoms with Gasteiger partial charge in [0.2, 0.25) is 0 Å². The molecule has 26 heavy (non-hydrogen) atoms. The van der Waals surface area contributed by atoms with Gasteiger partial charge < -0.3 is 9.84 Å². The van der Waals surface area contributed by atoms with Gasteiger partial charge in [-0.25, -0.2) is 4.68 Å². The number of nitrogens with one attached hydrogen (secondary N) is 1. The molecule has 1 aromatic carbocycles. The lowest BCUT2D eigenvalue weighted by molar-refractivity contribution is 0.392. The van der Waals surface area contributed by atoms with Gasteiger partial charge in [0.15, 0.2) is 0 Å². The molecule has 7 heteroatoms. The molecule has 0 atom stereocenters. The van der Waals surface area contributed by atoms with Crippen LogP contribution in [0.2, 0.25) is 5.02 Å². The molecule has 0 saturated heterocycles. The van der Waals surface area contributed by atoms with Gasteiger partial charge in [0.25, 0.3) is 5.56 Å². The van der Waals surface area contributed by atoms with E-state index in [1.165, 1.54) is 4.68 Å². The highest BCUT2D eigenvalue weighted by atomic mass is 35.5. The number of benzene rings is 1.